The number of carbonyl (C=O) groups is 2. The fourth-order valence-corrected chi connectivity index (χ4v) is 4.02. The zero-order valence-corrected chi connectivity index (χ0v) is 17.1. The highest BCUT2D eigenvalue weighted by molar-refractivity contribution is 8.19. The third-order valence-electron chi connectivity index (χ3n) is 4.00. The molecule has 1 aromatic heterocycles. The van der Waals surface area contributed by atoms with E-state index in [4.69, 9.17) is 39.2 Å². The lowest BCUT2D eigenvalue weighted by Crippen LogP contribution is -2.27. The Kier molecular flexibility index (Phi) is 5.25. The predicted octanol–water partition coefficient (Wildman–Crippen LogP) is 7.15. The van der Waals surface area contributed by atoms with Gasteiger partial charge in [-0.3, -0.25) is 9.59 Å². The molecule has 1 aliphatic heterocycles. The molecule has 4 rings (SSSR count). The highest BCUT2D eigenvalue weighted by atomic mass is 35.5. The molecule has 0 saturated carbocycles. The molecule has 8 heteroatoms. The molecule has 1 fully saturated rings. The molecule has 2 aromatic carbocycles. The van der Waals surface area contributed by atoms with Crippen molar-refractivity contribution in [2.45, 2.75) is 0 Å². The molecule has 1 saturated heterocycles. The van der Waals surface area contributed by atoms with Gasteiger partial charge in [0.1, 0.15) is 11.5 Å². The van der Waals surface area contributed by atoms with Gasteiger partial charge in [-0.05, 0) is 60.3 Å². The summed E-state index contributed by atoms with van der Waals surface area (Å²) in [7, 11) is 0. The standard InChI is InChI=1S/C20H10Cl3NO3S/c21-11-4-6-12(7-5-11)24-19(25)17(28-20(24)26)10-13-8-9-16(27-13)14-2-1-3-15(22)18(14)23/h1-10H/b17-10+. The number of hydrogen-bond acceptors (Lipinski definition) is 4. The summed E-state index contributed by atoms with van der Waals surface area (Å²) in [6.45, 7) is 0. The molecule has 0 N–H and O–H groups in total. The van der Waals surface area contributed by atoms with E-state index in [0.717, 1.165) is 16.7 Å². The lowest BCUT2D eigenvalue weighted by Gasteiger charge is -2.11. The summed E-state index contributed by atoms with van der Waals surface area (Å²) in [6, 6.07) is 15.1. The van der Waals surface area contributed by atoms with Crippen molar-refractivity contribution in [3.8, 4) is 11.3 Å². The van der Waals surface area contributed by atoms with E-state index in [-0.39, 0.29) is 10.1 Å². The van der Waals surface area contributed by atoms with E-state index in [1.807, 2.05) is 0 Å². The first-order valence-corrected chi connectivity index (χ1v) is 9.97. The SMILES string of the molecule is O=C1S/C(=C/c2ccc(-c3cccc(Cl)c3Cl)o2)C(=O)N1c1ccc(Cl)cc1. The number of benzene rings is 2. The van der Waals surface area contributed by atoms with Gasteiger partial charge in [0, 0.05) is 16.7 Å². The van der Waals surface area contributed by atoms with Crippen LogP contribution in [0, 0.1) is 0 Å². The number of nitrogens with zero attached hydrogens (tertiary/aromatic N) is 1. The van der Waals surface area contributed by atoms with Crippen molar-refractivity contribution >= 4 is 69.5 Å². The van der Waals surface area contributed by atoms with Crippen LogP contribution in [0.2, 0.25) is 15.1 Å². The molecule has 0 radical (unpaired) electrons. The molecule has 3 aromatic rings. The number of hydrogen-bond donors (Lipinski definition) is 0. The van der Waals surface area contributed by atoms with Gasteiger partial charge in [0.25, 0.3) is 11.1 Å². The summed E-state index contributed by atoms with van der Waals surface area (Å²) < 4.78 is 5.78. The lowest BCUT2D eigenvalue weighted by atomic mass is 10.2. The molecule has 0 aliphatic carbocycles. The van der Waals surface area contributed by atoms with E-state index in [9.17, 15) is 9.59 Å². The van der Waals surface area contributed by atoms with Crippen molar-refractivity contribution in [3.63, 3.8) is 0 Å². The topological polar surface area (TPSA) is 50.5 Å². The van der Waals surface area contributed by atoms with E-state index in [0.29, 0.717) is 37.8 Å². The number of thioether (sulfide) groups is 1. The first-order valence-electron chi connectivity index (χ1n) is 8.02. The third-order valence-corrected chi connectivity index (χ3v) is 5.94. The maximum Gasteiger partial charge on any atom is 0.298 e. The number of halogens is 3. The number of anilines is 1. The third kappa shape index (κ3) is 3.59. The van der Waals surface area contributed by atoms with Gasteiger partial charge in [-0.15, -0.1) is 0 Å². The largest absolute Gasteiger partial charge is 0.457 e. The Morgan fingerprint density at radius 3 is 2.43 bits per heavy atom. The molecule has 28 heavy (non-hydrogen) atoms. The molecule has 4 nitrogen and oxygen atoms in total. The molecule has 2 amide bonds. The summed E-state index contributed by atoms with van der Waals surface area (Å²) in [5, 5.41) is 0.937. The van der Waals surface area contributed by atoms with Crippen LogP contribution in [0.4, 0.5) is 10.5 Å². The van der Waals surface area contributed by atoms with E-state index in [1.54, 1.807) is 54.6 Å². The second-order valence-electron chi connectivity index (χ2n) is 5.80. The number of rotatable bonds is 3. The normalized spacial score (nSPS) is 15.7. The number of amides is 2. The van der Waals surface area contributed by atoms with Gasteiger partial charge in [-0.25, -0.2) is 4.90 Å². The summed E-state index contributed by atoms with van der Waals surface area (Å²) in [5.74, 6) is 0.513. The van der Waals surface area contributed by atoms with Crippen LogP contribution in [0.25, 0.3) is 17.4 Å². The zero-order valence-electron chi connectivity index (χ0n) is 14.0. The van der Waals surface area contributed by atoms with Gasteiger partial charge in [-0.2, -0.15) is 0 Å². The summed E-state index contributed by atoms with van der Waals surface area (Å²) >= 11 is 19.0. The van der Waals surface area contributed by atoms with E-state index >= 15 is 0 Å². The predicted molar refractivity (Wildman–Crippen MR) is 114 cm³/mol. The van der Waals surface area contributed by atoms with E-state index in [1.165, 1.54) is 6.08 Å². The molecular formula is C20H10Cl3NO3S. The summed E-state index contributed by atoms with van der Waals surface area (Å²) in [6.07, 6.45) is 1.53. The van der Waals surface area contributed by atoms with E-state index < -0.39 is 5.91 Å². The molecule has 0 unspecified atom stereocenters. The van der Waals surface area contributed by atoms with Gasteiger partial charge in [0.2, 0.25) is 0 Å². The molecule has 0 atom stereocenters. The van der Waals surface area contributed by atoms with Crippen molar-refractivity contribution in [2.24, 2.45) is 0 Å². The van der Waals surface area contributed by atoms with Gasteiger partial charge in [0.05, 0.1) is 20.6 Å². The minimum absolute atomic E-state index is 0.262. The van der Waals surface area contributed by atoms with Gasteiger partial charge in [0.15, 0.2) is 0 Å². The van der Waals surface area contributed by atoms with Crippen LogP contribution < -0.4 is 4.90 Å². The fourth-order valence-electron chi connectivity index (χ4n) is 2.68. The van der Waals surface area contributed by atoms with Crippen molar-refractivity contribution in [3.05, 3.63) is 80.3 Å². The minimum atomic E-state index is -0.420. The van der Waals surface area contributed by atoms with Crippen LogP contribution >= 0.6 is 46.6 Å². The second kappa shape index (κ2) is 7.68. The highest BCUT2D eigenvalue weighted by Crippen LogP contribution is 2.38. The first-order chi connectivity index (χ1) is 13.4. The number of furan rings is 1. The second-order valence-corrected chi connectivity index (χ2v) is 8.01. The Bertz CT molecular complexity index is 1120. The van der Waals surface area contributed by atoms with Crippen LogP contribution in [0.1, 0.15) is 5.76 Å². The fraction of sp³-hybridized carbons (Fsp3) is 0. The van der Waals surface area contributed by atoms with Crippen molar-refractivity contribution in [1.29, 1.82) is 0 Å². The smallest absolute Gasteiger partial charge is 0.298 e. The monoisotopic (exact) mass is 449 g/mol. The minimum Gasteiger partial charge on any atom is -0.457 e. The Morgan fingerprint density at radius 2 is 1.68 bits per heavy atom. The Labute approximate surface area is 179 Å². The molecule has 2 heterocycles. The van der Waals surface area contributed by atoms with Crippen LogP contribution in [-0.4, -0.2) is 11.1 Å². The average molecular weight is 451 g/mol. The maximum absolute atomic E-state index is 12.7. The van der Waals surface area contributed by atoms with Crippen molar-refractivity contribution < 1.29 is 14.0 Å². The molecule has 0 spiro atoms. The van der Waals surface area contributed by atoms with Crippen LogP contribution in [0.3, 0.4) is 0 Å². The van der Waals surface area contributed by atoms with E-state index in [2.05, 4.69) is 0 Å². The molecule has 1 aliphatic rings. The van der Waals surface area contributed by atoms with Crippen molar-refractivity contribution in [1.82, 2.24) is 0 Å². The first kappa shape index (κ1) is 19.2. The average Bonchev–Trinajstić information content (AvgIpc) is 3.23. The quantitative estimate of drug-likeness (QED) is 0.398. The molecule has 0 bridgehead atoms. The van der Waals surface area contributed by atoms with Crippen LogP contribution in [-0.2, 0) is 4.79 Å². The van der Waals surface area contributed by atoms with Crippen LogP contribution in [0.15, 0.2) is 63.9 Å². The Morgan fingerprint density at radius 1 is 0.929 bits per heavy atom. The zero-order chi connectivity index (χ0) is 19.8. The van der Waals surface area contributed by atoms with Crippen molar-refractivity contribution in [2.75, 3.05) is 4.90 Å². The lowest BCUT2D eigenvalue weighted by molar-refractivity contribution is -0.113. The van der Waals surface area contributed by atoms with Gasteiger partial charge < -0.3 is 4.42 Å². The Hall–Kier alpha value is -2.18. The molecule has 140 valence electrons. The summed E-state index contributed by atoms with van der Waals surface area (Å²) in [4.78, 5) is 26.4. The summed E-state index contributed by atoms with van der Waals surface area (Å²) in [5.41, 5.74) is 1.10. The molecular weight excluding hydrogens is 441 g/mol. The van der Waals surface area contributed by atoms with Gasteiger partial charge in [-0.1, -0.05) is 40.9 Å². The Balaban J connectivity index is 1.62. The number of carbonyl (C=O) groups excluding carboxylic acids is 2. The maximum atomic E-state index is 12.7. The van der Waals surface area contributed by atoms with Gasteiger partial charge >= 0.3 is 0 Å². The van der Waals surface area contributed by atoms with Crippen LogP contribution in [0.5, 0.6) is 0 Å². The highest BCUT2D eigenvalue weighted by Gasteiger charge is 2.36. The number of imide groups is 1.